The first kappa shape index (κ1) is 18.2. The van der Waals surface area contributed by atoms with Crippen molar-refractivity contribution in [3.8, 4) is 11.1 Å². The Morgan fingerprint density at radius 1 is 1.36 bits per heavy atom. The number of rotatable bonds is 4. The molecule has 0 radical (unpaired) electrons. The first-order chi connectivity index (χ1) is 13.7. The Bertz CT molecular complexity index is 1030. The lowest BCUT2D eigenvalue weighted by Gasteiger charge is -2.25. The van der Waals surface area contributed by atoms with E-state index in [1.54, 1.807) is 6.20 Å². The Labute approximate surface area is 164 Å². The molecule has 28 heavy (non-hydrogen) atoms. The van der Waals surface area contributed by atoms with E-state index in [4.69, 9.17) is 10.7 Å². The number of fused-ring (bicyclic) bond motifs is 1. The molecular weight excluding hydrogens is 350 g/mol. The van der Waals surface area contributed by atoms with Crippen LogP contribution in [0.1, 0.15) is 31.9 Å². The second-order valence-electron chi connectivity index (χ2n) is 7.01. The van der Waals surface area contributed by atoms with Crippen LogP contribution < -0.4 is 11.1 Å². The molecule has 1 aliphatic carbocycles. The van der Waals surface area contributed by atoms with Gasteiger partial charge in [-0.2, -0.15) is 4.98 Å². The van der Waals surface area contributed by atoms with E-state index in [1.165, 1.54) is 0 Å². The van der Waals surface area contributed by atoms with E-state index < -0.39 is 0 Å². The van der Waals surface area contributed by atoms with Gasteiger partial charge in [-0.05, 0) is 63.1 Å². The van der Waals surface area contributed by atoms with Crippen molar-refractivity contribution in [2.45, 2.75) is 39.2 Å². The minimum Gasteiger partial charge on any atom is -0.404 e. The SMILES string of the molecule is CCN=C1CCC(Nc2nc3c(-c4ccc(C)nc4)cccn3n2)CC1=CN. The number of hydrogen-bond donors (Lipinski definition) is 2. The van der Waals surface area contributed by atoms with E-state index in [9.17, 15) is 0 Å². The summed E-state index contributed by atoms with van der Waals surface area (Å²) in [6.07, 6.45) is 8.21. The standard InChI is InChI=1S/C21H25N7/c1-3-23-19-9-8-17(11-16(19)12-22)25-21-26-20-18(5-4-10-28(20)27-21)15-7-6-14(2)24-13-15/h4-7,10,12-13,17H,3,8-9,11,22H2,1-2H3,(H,25,27). The molecule has 1 unspecified atom stereocenters. The Hall–Kier alpha value is -3.22. The number of pyridine rings is 2. The fourth-order valence-corrected chi connectivity index (χ4v) is 3.62. The summed E-state index contributed by atoms with van der Waals surface area (Å²) in [5.74, 6) is 0.629. The van der Waals surface area contributed by atoms with Crippen molar-refractivity contribution in [2.75, 3.05) is 11.9 Å². The van der Waals surface area contributed by atoms with Gasteiger partial charge in [-0.15, -0.1) is 5.10 Å². The van der Waals surface area contributed by atoms with E-state index in [0.717, 1.165) is 59.6 Å². The second kappa shape index (κ2) is 7.80. The monoisotopic (exact) mass is 375 g/mol. The molecule has 4 rings (SSSR count). The summed E-state index contributed by atoms with van der Waals surface area (Å²) in [4.78, 5) is 13.7. The van der Waals surface area contributed by atoms with Crippen molar-refractivity contribution in [1.29, 1.82) is 0 Å². The Morgan fingerprint density at radius 2 is 2.25 bits per heavy atom. The lowest BCUT2D eigenvalue weighted by molar-refractivity contribution is 0.637. The van der Waals surface area contributed by atoms with Gasteiger partial charge < -0.3 is 11.1 Å². The lowest BCUT2D eigenvalue weighted by atomic mass is 9.89. The van der Waals surface area contributed by atoms with Crippen LogP contribution in [0, 0.1) is 6.92 Å². The number of nitrogens with two attached hydrogens (primary N) is 1. The van der Waals surface area contributed by atoms with E-state index in [1.807, 2.05) is 49.0 Å². The third-order valence-corrected chi connectivity index (χ3v) is 5.03. The van der Waals surface area contributed by atoms with Crippen LogP contribution in [0.3, 0.4) is 0 Å². The highest BCUT2D eigenvalue weighted by Crippen LogP contribution is 2.26. The van der Waals surface area contributed by atoms with E-state index in [2.05, 4.69) is 26.5 Å². The predicted molar refractivity (Wildman–Crippen MR) is 112 cm³/mol. The molecule has 0 saturated heterocycles. The van der Waals surface area contributed by atoms with Crippen LogP contribution in [-0.4, -0.2) is 37.9 Å². The van der Waals surface area contributed by atoms with Crippen molar-refractivity contribution in [2.24, 2.45) is 10.7 Å². The van der Waals surface area contributed by atoms with E-state index in [-0.39, 0.29) is 6.04 Å². The normalized spacial score (nSPS) is 20.1. The number of aryl methyl sites for hydroxylation is 1. The minimum absolute atomic E-state index is 0.243. The van der Waals surface area contributed by atoms with Crippen molar-refractivity contribution < 1.29 is 0 Å². The topological polar surface area (TPSA) is 93.5 Å². The summed E-state index contributed by atoms with van der Waals surface area (Å²) >= 11 is 0. The van der Waals surface area contributed by atoms with Crippen LogP contribution in [-0.2, 0) is 0 Å². The highest BCUT2D eigenvalue weighted by Gasteiger charge is 2.23. The van der Waals surface area contributed by atoms with Crippen LogP contribution in [0.2, 0.25) is 0 Å². The molecule has 0 spiro atoms. The summed E-state index contributed by atoms with van der Waals surface area (Å²) in [5, 5.41) is 8.08. The summed E-state index contributed by atoms with van der Waals surface area (Å²) in [6, 6.07) is 8.33. The molecule has 0 aromatic carbocycles. The molecular formula is C21H25N7. The molecule has 1 fully saturated rings. The number of nitrogens with one attached hydrogen (secondary N) is 1. The van der Waals surface area contributed by atoms with Gasteiger partial charge in [0, 0.05) is 47.5 Å². The van der Waals surface area contributed by atoms with Crippen LogP contribution in [0.4, 0.5) is 5.95 Å². The zero-order valence-electron chi connectivity index (χ0n) is 16.3. The summed E-state index contributed by atoms with van der Waals surface area (Å²) in [5.41, 5.74) is 11.9. The average molecular weight is 375 g/mol. The van der Waals surface area contributed by atoms with Crippen LogP contribution in [0.5, 0.6) is 0 Å². The van der Waals surface area contributed by atoms with Crippen LogP contribution in [0.25, 0.3) is 16.8 Å². The zero-order chi connectivity index (χ0) is 19.5. The summed E-state index contributed by atoms with van der Waals surface area (Å²) in [6.45, 7) is 4.82. The second-order valence-corrected chi connectivity index (χ2v) is 7.01. The Morgan fingerprint density at radius 3 is 3.00 bits per heavy atom. The van der Waals surface area contributed by atoms with E-state index in [0.29, 0.717) is 5.95 Å². The van der Waals surface area contributed by atoms with Crippen molar-refractivity contribution in [1.82, 2.24) is 19.6 Å². The van der Waals surface area contributed by atoms with Crippen molar-refractivity contribution >= 4 is 17.3 Å². The molecule has 0 amide bonds. The molecule has 0 bridgehead atoms. The van der Waals surface area contributed by atoms with Gasteiger partial charge in [0.25, 0.3) is 0 Å². The average Bonchev–Trinajstić information content (AvgIpc) is 3.12. The molecule has 3 N–H and O–H groups in total. The van der Waals surface area contributed by atoms with Gasteiger partial charge in [-0.25, -0.2) is 4.52 Å². The number of anilines is 1. The quantitative estimate of drug-likeness (QED) is 0.729. The van der Waals surface area contributed by atoms with Gasteiger partial charge in [0.1, 0.15) is 0 Å². The molecule has 1 atom stereocenters. The smallest absolute Gasteiger partial charge is 0.243 e. The van der Waals surface area contributed by atoms with Gasteiger partial charge >= 0.3 is 0 Å². The molecule has 7 heteroatoms. The zero-order valence-corrected chi connectivity index (χ0v) is 16.3. The van der Waals surface area contributed by atoms with Gasteiger partial charge in [0.15, 0.2) is 5.65 Å². The number of aromatic nitrogens is 4. The maximum Gasteiger partial charge on any atom is 0.243 e. The fourth-order valence-electron chi connectivity index (χ4n) is 3.62. The molecule has 1 saturated carbocycles. The molecule has 3 aromatic rings. The summed E-state index contributed by atoms with van der Waals surface area (Å²) < 4.78 is 1.81. The maximum atomic E-state index is 5.82. The maximum absolute atomic E-state index is 5.82. The minimum atomic E-state index is 0.243. The number of hydrogen-bond acceptors (Lipinski definition) is 6. The molecule has 7 nitrogen and oxygen atoms in total. The summed E-state index contributed by atoms with van der Waals surface area (Å²) in [7, 11) is 0. The Kier molecular flexibility index (Phi) is 5.06. The largest absolute Gasteiger partial charge is 0.404 e. The highest BCUT2D eigenvalue weighted by molar-refractivity contribution is 6.01. The van der Waals surface area contributed by atoms with Crippen LogP contribution >= 0.6 is 0 Å². The molecule has 3 heterocycles. The molecule has 144 valence electrons. The van der Waals surface area contributed by atoms with E-state index >= 15 is 0 Å². The van der Waals surface area contributed by atoms with Gasteiger partial charge in [-0.3, -0.25) is 9.98 Å². The third kappa shape index (κ3) is 3.60. The lowest BCUT2D eigenvalue weighted by Crippen LogP contribution is -2.29. The molecule has 3 aromatic heterocycles. The van der Waals surface area contributed by atoms with Crippen molar-refractivity contribution in [3.63, 3.8) is 0 Å². The highest BCUT2D eigenvalue weighted by atomic mass is 15.3. The van der Waals surface area contributed by atoms with Crippen LogP contribution in [0.15, 0.2) is 53.4 Å². The first-order valence-electron chi connectivity index (χ1n) is 9.67. The van der Waals surface area contributed by atoms with Gasteiger partial charge in [-0.1, -0.05) is 6.07 Å². The first-order valence-corrected chi connectivity index (χ1v) is 9.67. The van der Waals surface area contributed by atoms with Gasteiger partial charge in [0.05, 0.1) is 0 Å². The number of aliphatic imine (C=N–C) groups is 1. The van der Waals surface area contributed by atoms with Gasteiger partial charge in [0.2, 0.25) is 5.95 Å². The molecule has 1 aliphatic rings. The number of nitrogens with zero attached hydrogens (tertiary/aromatic N) is 5. The fraction of sp³-hybridized carbons (Fsp3) is 0.333. The van der Waals surface area contributed by atoms with Crippen molar-refractivity contribution in [3.05, 3.63) is 54.1 Å². The predicted octanol–water partition coefficient (Wildman–Crippen LogP) is 3.37. The Balaban J connectivity index is 1.58. The third-order valence-electron chi connectivity index (χ3n) is 5.03. The molecule has 0 aliphatic heterocycles.